The molecule has 2 fully saturated rings. The molecule has 0 bridgehead atoms. The van der Waals surface area contributed by atoms with Crippen LogP contribution in [-0.2, 0) is 9.84 Å². The van der Waals surface area contributed by atoms with Gasteiger partial charge in [-0.3, -0.25) is 4.90 Å². The molecule has 0 amide bonds. The highest BCUT2D eigenvalue weighted by molar-refractivity contribution is 7.90. The van der Waals surface area contributed by atoms with Crippen LogP contribution < -0.4 is 4.90 Å². The summed E-state index contributed by atoms with van der Waals surface area (Å²) in [5.74, 6) is -2.20. The van der Waals surface area contributed by atoms with Crippen LogP contribution >= 0.6 is 0 Å². The van der Waals surface area contributed by atoms with Gasteiger partial charge in [0, 0.05) is 51.0 Å². The Morgan fingerprint density at radius 1 is 1.00 bits per heavy atom. The van der Waals surface area contributed by atoms with Crippen LogP contribution in [0.5, 0.6) is 0 Å². The van der Waals surface area contributed by atoms with E-state index in [-0.39, 0.29) is 18.9 Å². The molecule has 2 aromatic carbocycles. The molecule has 7 heteroatoms. The van der Waals surface area contributed by atoms with Gasteiger partial charge in [-0.15, -0.1) is 0 Å². The molecule has 0 spiro atoms. The molecule has 1 aliphatic heterocycles. The predicted octanol–water partition coefficient (Wildman–Crippen LogP) is 4.78. The van der Waals surface area contributed by atoms with E-state index in [4.69, 9.17) is 0 Å². The van der Waals surface area contributed by atoms with Gasteiger partial charge in [-0.05, 0) is 42.5 Å². The van der Waals surface area contributed by atoms with Gasteiger partial charge in [0.1, 0.15) is 0 Å². The van der Waals surface area contributed by atoms with Gasteiger partial charge in [0.05, 0.1) is 10.9 Å². The summed E-state index contributed by atoms with van der Waals surface area (Å²) in [5, 5.41) is 0. The average Bonchev–Trinajstić information content (AvgIpc) is 2.75. The summed E-state index contributed by atoms with van der Waals surface area (Å²) in [4.78, 5) is 4.99. The molecule has 2 aromatic rings. The third kappa shape index (κ3) is 5.44. The minimum Gasteiger partial charge on any atom is -0.368 e. The van der Waals surface area contributed by atoms with Crippen molar-refractivity contribution in [3.8, 4) is 0 Å². The molecular weight excluding hydrogens is 418 g/mol. The van der Waals surface area contributed by atoms with Crippen molar-refractivity contribution in [3.05, 3.63) is 60.2 Å². The van der Waals surface area contributed by atoms with Gasteiger partial charge >= 0.3 is 0 Å². The summed E-state index contributed by atoms with van der Waals surface area (Å²) in [6.45, 7) is 3.15. The molecule has 1 aliphatic carbocycles. The lowest BCUT2D eigenvalue weighted by atomic mass is 9.85. The van der Waals surface area contributed by atoms with E-state index < -0.39 is 15.8 Å². The van der Waals surface area contributed by atoms with Crippen molar-refractivity contribution in [3.63, 3.8) is 0 Å². The van der Waals surface area contributed by atoms with Crippen LogP contribution in [-0.4, -0.2) is 51.7 Å². The molecule has 4 rings (SSSR count). The summed E-state index contributed by atoms with van der Waals surface area (Å²) in [6, 6.07) is 17.5. The molecule has 1 atom stereocenters. The number of sulfone groups is 1. The number of alkyl halides is 2. The lowest BCUT2D eigenvalue weighted by molar-refractivity contribution is -0.0504. The normalized spacial score (nSPS) is 23.1. The zero-order valence-electron chi connectivity index (χ0n) is 17.9. The SMILES string of the molecule is CS(=O)(=O)c1cccc(N2CCN(CC3CCC(F)(F)CC3)[C@@H](c3ccccc3)C2)c1. The van der Waals surface area contributed by atoms with Crippen LogP contribution in [0.3, 0.4) is 0 Å². The van der Waals surface area contributed by atoms with E-state index in [1.807, 2.05) is 24.3 Å². The van der Waals surface area contributed by atoms with Gasteiger partial charge in [0.15, 0.2) is 9.84 Å². The van der Waals surface area contributed by atoms with Crippen LogP contribution in [0.15, 0.2) is 59.5 Å². The number of hydrogen-bond donors (Lipinski definition) is 0. The zero-order chi connectivity index (χ0) is 22.1. The van der Waals surface area contributed by atoms with Crippen molar-refractivity contribution in [1.82, 2.24) is 4.90 Å². The Bertz CT molecular complexity index is 988. The van der Waals surface area contributed by atoms with Gasteiger partial charge in [-0.2, -0.15) is 0 Å². The van der Waals surface area contributed by atoms with Gasteiger partial charge in [0.2, 0.25) is 5.92 Å². The largest absolute Gasteiger partial charge is 0.368 e. The van der Waals surface area contributed by atoms with Crippen molar-refractivity contribution < 1.29 is 17.2 Å². The number of benzene rings is 2. The highest BCUT2D eigenvalue weighted by Gasteiger charge is 2.37. The van der Waals surface area contributed by atoms with Gasteiger partial charge in [-0.25, -0.2) is 17.2 Å². The van der Waals surface area contributed by atoms with E-state index in [1.165, 1.54) is 11.8 Å². The van der Waals surface area contributed by atoms with Crippen LogP contribution in [0, 0.1) is 5.92 Å². The highest BCUT2D eigenvalue weighted by atomic mass is 32.2. The number of nitrogens with zero attached hydrogens (tertiary/aromatic N) is 2. The molecule has 0 radical (unpaired) electrons. The Balaban J connectivity index is 1.53. The van der Waals surface area contributed by atoms with Gasteiger partial charge in [0.25, 0.3) is 0 Å². The maximum Gasteiger partial charge on any atom is 0.248 e. The molecule has 0 aromatic heterocycles. The Morgan fingerprint density at radius 2 is 1.71 bits per heavy atom. The summed E-state index contributed by atoms with van der Waals surface area (Å²) in [5.41, 5.74) is 2.11. The summed E-state index contributed by atoms with van der Waals surface area (Å²) >= 11 is 0. The molecular formula is C24H30F2N2O2S. The fourth-order valence-corrected chi connectivity index (χ4v) is 5.45. The predicted molar refractivity (Wildman–Crippen MR) is 119 cm³/mol. The van der Waals surface area contributed by atoms with E-state index in [0.717, 1.165) is 31.9 Å². The van der Waals surface area contributed by atoms with Crippen LogP contribution in [0.2, 0.25) is 0 Å². The maximum atomic E-state index is 13.6. The lowest BCUT2D eigenvalue weighted by Gasteiger charge is -2.44. The molecule has 168 valence electrons. The fraction of sp³-hybridized carbons (Fsp3) is 0.500. The van der Waals surface area contributed by atoms with Crippen molar-refractivity contribution >= 4 is 15.5 Å². The minimum absolute atomic E-state index is 0.00802. The Labute approximate surface area is 183 Å². The van der Waals surface area contributed by atoms with Crippen LogP contribution in [0.1, 0.15) is 37.3 Å². The highest BCUT2D eigenvalue weighted by Crippen LogP contribution is 2.38. The van der Waals surface area contributed by atoms with E-state index in [2.05, 4.69) is 21.9 Å². The Morgan fingerprint density at radius 3 is 2.39 bits per heavy atom. The second-order valence-electron chi connectivity index (χ2n) is 8.94. The molecule has 0 unspecified atom stereocenters. The standard InChI is InChI=1S/C24H30F2N2O2S/c1-31(29,30)22-9-5-8-21(16-22)27-14-15-28(17-19-10-12-24(25,26)13-11-19)23(18-27)20-6-3-2-4-7-20/h2-9,16,19,23H,10-15,17-18H2,1H3/t23-/m1/s1. The molecule has 2 aliphatic rings. The second-order valence-corrected chi connectivity index (χ2v) is 11.0. The molecule has 0 N–H and O–H groups in total. The first kappa shape index (κ1) is 22.2. The number of anilines is 1. The first-order chi connectivity index (χ1) is 14.7. The summed E-state index contributed by atoms with van der Waals surface area (Å²) in [6.07, 6.45) is 2.36. The third-order valence-corrected chi connectivity index (χ3v) is 7.73. The maximum absolute atomic E-state index is 13.6. The Hall–Kier alpha value is -1.99. The van der Waals surface area contributed by atoms with Crippen molar-refractivity contribution in [2.24, 2.45) is 5.92 Å². The number of hydrogen-bond acceptors (Lipinski definition) is 4. The van der Waals surface area contributed by atoms with Crippen LogP contribution in [0.4, 0.5) is 14.5 Å². The third-order valence-electron chi connectivity index (χ3n) is 6.62. The van der Waals surface area contributed by atoms with Crippen molar-refractivity contribution in [2.75, 3.05) is 37.3 Å². The van der Waals surface area contributed by atoms with Gasteiger partial charge < -0.3 is 4.90 Å². The summed E-state index contributed by atoms with van der Waals surface area (Å²) < 4.78 is 51.2. The molecule has 1 saturated carbocycles. The molecule has 1 saturated heterocycles. The van der Waals surface area contributed by atoms with Crippen molar-refractivity contribution in [1.29, 1.82) is 0 Å². The van der Waals surface area contributed by atoms with Gasteiger partial charge in [-0.1, -0.05) is 36.4 Å². The first-order valence-corrected chi connectivity index (χ1v) is 12.8. The zero-order valence-corrected chi connectivity index (χ0v) is 18.7. The van der Waals surface area contributed by atoms with Crippen molar-refractivity contribution in [2.45, 2.75) is 42.5 Å². The molecule has 1 heterocycles. The van der Waals surface area contributed by atoms with E-state index in [0.29, 0.717) is 23.7 Å². The first-order valence-electron chi connectivity index (χ1n) is 10.9. The van der Waals surface area contributed by atoms with Crippen LogP contribution in [0.25, 0.3) is 0 Å². The topological polar surface area (TPSA) is 40.6 Å². The lowest BCUT2D eigenvalue weighted by Crippen LogP contribution is -2.50. The fourth-order valence-electron chi connectivity index (χ4n) is 4.79. The number of piperazine rings is 1. The average molecular weight is 449 g/mol. The number of rotatable bonds is 5. The van der Waals surface area contributed by atoms with E-state index >= 15 is 0 Å². The summed E-state index contributed by atoms with van der Waals surface area (Å²) in [7, 11) is -3.27. The number of halogens is 2. The second kappa shape index (κ2) is 8.87. The smallest absolute Gasteiger partial charge is 0.248 e. The van der Waals surface area contributed by atoms with E-state index in [1.54, 1.807) is 18.2 Å². The Kier molecular flexibility index (Phi) is 6.35. The molecule has 4 nitrogen and oxygen atoms in total. The monoisotopic (exact) mass is 448 g/mol. The minimum atomic E-state index is -3.27. The van der Waals surface area contributed by atoms with E-state index in [9.17, 15) is 17.2 Å². The molecule has 31 heavy (non-hydrogen) atoms. The quantitative estimate of drug-likeness (QED) is 0.660.